The predicted molar refractivity (Wildman–Crippen MR) is 51.8 cm³/mol. The van der Waals surface area contributed by atoms with Gasteiger partial charge in [0.25, 0.3) is 0 Å². The molecule has 2 unspecified atom stereocenters. The van der Waals surface area contributed by atoms with Crippen LogP contribution in [0.2, 0.25) is 0 Å². The van der Waals surface area contributed by atoms with E-state index in [0.717, 1.165) is 18.9 Å². The molecular weight excluding hydrogens is 162 g/mol. The first-order chi connectivity index (χ1) is 6.43. The maximum atomic E-state index is 5.59. The molecule has 2 nitrogen and oxygen atoms in total. The number of rotatable bonds is 0. The van der Waals surface area contributed by atoms with E-state index >= 15 is 0 Å². The molecule has 2 heteroatoms. The molecule has 1 aromatic rings. The number of ether oxygens (including phenoxy) is 1. The Morgan fingerprint density at radius 2 is 2.23 bits per heavy atom. The molecule has 0 radical (unpaired) electrons. The Labute approximate surface area is 77.9 Å². The molecule has 0 amide bonds. The zero-order valence-electron chi connectivity index (χ0n) is 7.49. The van der Waals surface area contributed by atoms with E-state index in [-0.39, 0.29) is 6.23 Å². The molecule has 1 aromatic carbocycles. The van der Waals surface area contributed by atoms with Gasteiger partial charge in [-0.1, -0.05) is 18.2 Å². The van der Waals surface area contributed by atoms with E-state index in [1.165, 1.54) is 17.7 Å². The highest BCUT2D eigenvalue weighted by molar-refractivity contribution is 5.55. The van der Waals surface area contributed by atoms with Crippen LogP contribution in [-0.4, -0.2) is 12.8 Å². The van der Waals surface area contributed by atoms with E-state index in [1.807, 2.05) is 0 Å². The summed E-state index contributed by atoms with van der Waals surface area (Å²) in [7, 11) is 0. The molecule has 2 bridgehead atoms. The molecule has 1 N–H and O–H groups in total. The summed E-state index contributed by atoms with van der Waals surface area (Å²) in [5.74, 6) is 0.719. The standard InChI is InChI=1S/C11H13NO/c1-2-4-10-9(3-1)8-5-6-13-11(7-8)12-10/h1-4,8,11-12H,5-7H2. The molecule has 0 saturated carbocycles. The van der Waals surface area contributed by atoms with Crippen LogP contribution in [0.1, 0.15) is 24.3 Å². The molecule has 0 aromatic heterocycles. The average molecular weight is 175 g/mol. The second kappa shape index (κ2) is 2.74. The van der Waals surface area contributed by atoms with E-state index in [2.05, 4.69) is 29.6 Å². The topological polar surface area (TPSA) is 21.3 Å². The van der Waals surface area contributed by atoms with Gasteiger partial charge < -0.3 is 10.1 Å². The number of anilines is 1. The van der Waals surface area contributed by atoms with Crippen molar-refractivity contribution in [3.05, 3.63) is 29.8 Å². The normalized spacial score (nSPS) is 30.5. The second-order valence-electron chi connectivity index (χ2n) is 3.81. The summed E-state index contributed by atoms with van der Waals surface area (Å²) in [5, 5.41) is 3.41. The van der Waals surface area contributed by atoms with Gasteiger partial charge in [0, 0.05) is 12.3 Å². The average Bonchev–Trinajstić information content (AvgIpc) is 2.18. The minimum absolute atomic E-state index is 0.258. The number of benzene rings is 1. The minimum atomic E-state index is 0.258. The molecule has 0 spiro atoms. The van der Waals surface area contributed by atoms with Crippen molar-refractivity contribution < 1.29 is 4.74 Å². The Kier molecular flexibility index (Phi) is 1.56. The van der Waals surface area contributed by atoms with E-state index in [9.17, 15) is 0 Å². The van der Waals surface area contributed by atoms with Crippen LogP contribution in [0.5, 0.6) is 0 Å². The van der Waals surface area contributed by atoms with Crippen LogP contribution in [-0.2, 0) is 4.74 Å². The van der Waals surface area contributed by atoms with Gasteiger partial charge in [-0.25, -0.2) is 0 Å². The highest BCUT2D eigenvalue weighted by Gasteiger charge is 2.29. The van der Waals surface area contributed by atoms with Crippen molar-refractivity contribution in [1.82, 2.24) is 0 Å². The first-order valence-electron chi connectivity index (χ1n) is 4.90. The highest BCUT2D eigenvalue weighted by atomic mass is 16.5. The zero-order chi connectivity index (χ0) is 8.67. The Bertz CT molecular complexity index is 324. The summed E-state index contributed by atoms with van der Waals surface area (Å²) < 4.78 is 5.59. The molecule has 0 aliphatic carbocycles. The van der Waals surface area contributed by atoms with Crippen LogP contribution in [0.15, 0.2) is 24.3 Å². The summed E-state index contributed by atoms with van der Waals surface area (Å²) in [5.41, 5.74) is 2.74. The van der Waals surface area contributed by atoms with Crippen molar-refractivity contribution in [2.75, 3.05) is 11.9 Å². The summed E-state index contributed by atoms with van der Waals surface area (Å²) in [4.78, 5) is 0. The van der Waals surface area contributed by atoms with Crippen LogP contribution >= 0.6 is 0 Å². The zero-order valence-corrected chi connectivity index (χ0v) is 7.49. The lowest BCUT2D eigenvalue weighted by atomic mass is 9.86. The van der Waals surface area contributed by atoms with Gasteiger partial charge in [0.05, 0.1) is 0 Å². The van der Waals surface area contributed by atoms with Crippen molar-refractivity contribution >= 4 is 5.69 Å². The third-order valence-corrected chi connectivity index (χ3v) is 3.00. The lowest BCUT2D eigenvalue weighted by Gasteiger charge is -2.37. The Balaban J connectivity index is 2.06. The fourth-order valence-electron chi connectivity index (χ4n) is 2.34. The molecule has 2 atom stereocenters. The molecular formula is C11H13NO. The van der Waals surface area contributed by atoms with E-state index in [0.29, 0.717) is 0 Å². The molecule has 3 rings (SSSR count). The third-order valence-electron chi connectivity index (χ3n) is 3.00. The predicted octanol–water partition coefficient (Wildman–Crippen LogP) is 2.33. The van der Waals surface area contributed by atoms with Crippen molar-refractivity contribution in [2.24, 2.45) is 0 Å². The summed E-state index contributed by atoms with van der Waals surface area (Å²) in [6.07, 6.45) is 2.57. The van der Waals surface area contributed by atoms with Crippen LogP contribution in [0, 0.1) is 0 Å². The first-order valence-corrected chi connectivity index (χ1v) is 4.90. The maximum absolute atomic E-state index is 5.59. The first kappa shape index (κ1) is 7.39. The van der Waals surface area contributed by atoms with Crippen molar-refractivity contribution in [2.45, 2.75) is 25.0 Å². The largest absolute Gasteiger partial charge is 0.360 e. The van der Waals surface area contributed by atoms with Gasteiger partial charge in [0.1, 0.15) is 6.23 Å². The van der Waals surface area contributed by atoms with Gasteiger partial charge in [-0.05, 0) is 30.4 Å². The third kappa shape index (κ3) is 1.13. The SMILES string of the molecule is c1ccc2c(c1)NC1CC2CCO1. The van der Waals surface area contributed by atoms with Gasteiger partial charge >= 0.3 is 0 Å². The molecule has 68 valence electrons. The number of para-hydroxylation sites is 1. The lowest BCUT2D eigenvalue weighted by molar-refractivity contribution is 0.0199. The van der Waals surface area contributed by atoms with Crippen molar-refractivity contribution in [3.8, 4) is 0 Å². The van der Waals surface area contributed by atoms with Gasteiger partial charge in [-0.2, -0.15) is 0 Å². The number of hydrogen-bond acceptors (Lipinski definition) is 2. The fourth-order valence-corrected chi connectivity index (χ4v) is 2.34. The highest BCUT2D eigenvalue weighted by Crippen LogP contribution is 2.39. The van der Waals surface area contributed by atoms with Crippen LogP contribution in [0.3, 0.4) is 0 Å². The number of fused-ring (bicyclic) bond motifs is 4. The smallest absolute Gasteiger partial charge is 0.128 e. The molecule has 2 aliphatic heterocycles. The Morgan fingerprint density at radius 3 is 3.23 bits per heavy atom. The summed E-state index contributed by atoms with van der Waals surface area (Å²) >= 11 is 0. The molecule has 13 heavy (non-hydrogen) atoms. The summed E-state index contributed by atoms with van der Waals surface area (Å²) in [6, 6.07) is 8.57. The molecule has 1 fully saturated rings. The minimum Gasteiger partial charge on any atom is -0.360 e. The number of hydrogen-bond donors (Lipinski definition) is 1. The van der Waals surface area contributed by atoms with Crippen molar-refractivity contribution in [1.29, 1.82) is 0 Å². The van der Waals surface area contributed by atoms with Crippen LogP contribution in [0.25, 0.3) is 0 Å². The van der Waals surface area contributed by atoms with Crippen LogP contribution < -0.4 is 5.32 Å². The van der Waals surface area contributed by atoms with Gasteiger partial charge in [-0.15, -0.1) is 0 Å². The fraction of sp³-hybridized carbons (Fsp3) is 0.455. The maximum Gasteiger partial charge on any atom is 0.128 e. The van der Waals surface area contributed by atoms with Crippen LogP contribution in [0.4, 0.5) is 5.69 Å². The number of nitrogens with one attached hydrogen (secondary N) is 1. The molecule has 2 aliphatic rings. The quantitative estimate of drug-likeness (QED) is 0.653. The van der Waals surface area contributed by atoms with Gasteiger partial charge in [-0.3, -0.25) is 0 Å². The van der Waals surface area contributed by atoms with Gasteiger partial charge in [0.15, 0.2) is 0 Å². The second-order valence-corrected chi connectivity index (χ2v) is 3.81. The Morgan fingerprint density at radius 1 is 1.31 bits per heavy atom. The van der Waals surface area contributed by atoms with E-state index in [4.69, 9.17) is 4.74 Å². The summed E-state index contributed by atoms with van der Waals surface area (Å²) in [6.45, 7) is 0.899. The van der Waals surface area contributed by atoms with E-state index < -0.39 is 0 Å². The Hall–Kier alpha value is -1.02. The monoisotopic (exact) mass is 175 g/mol. The molecule has 1 saturated heterocycles. The molecule has 2 heterocycles. The lowest BCUT2D eigenvalue weighted by Crippen LogP contribution is -2.35. The van der Waals surface area contributed by atoms with Crippen molar-refractivity contribution in [3.63, 3.8) is 0 Å². The van der Waals surface area contributed by atoms with E-state index in [1.54, 1.807) is 0 Å². The van der Waals surface area contributed by atoms with Gasteiger partial charge in [0.2, 0.25) is 0 Å².